The molecule has 0 atom stereocenters. The number of hydrogen-bond acceptors (Lipinski definition) is 2. The summed E-state index contributed by atoms with van der Waals surface area (Å²) in [6, 6.07) is 8.25. The molecule has 1 rings (SSSR count). The van der Waals surface area contributed by atoms with E-state index in [0.717, 1.165) is 25.7 Å². The molecule has 0 heterocycles. The first-order valence-corrected chi connectivity index (χ1v) is 7.08. The Hall–Kier alpha value is -0.840. The molecule has 21 heavy (non-hydrogen) atoms. The number of carbonyl (C=O) groups is 2. The minimum absolute atomic E-state index is 0. The van der Waals surface area contributed by atoms with E-state index in [1.807, 2.05) is 0 Å². The fourth-order valence-electron chi connectivity index (χ4n) is 2.41. The van der Waals surface area contributed by atoms with Crippen LogP contribution in [0.1, 0.15) is 52.4 Å². The minimum atomic E-state index is -1.83. The van der Waals surface area contributed by atoms with Gasteiger partial charge in [-0.3, -0.25) is 9.59 Å². The molecule has 0 bridgehead atoms. The fraction of sp³-hybridized carbons (Fsp3) is 0.500. The molecule has 0 spiro atoms. The Labute approximate surface area is 149 Å². The van der Waals surface area contributed by atoms with E-state index in [1.54, 1.807) is 30.3 Å². The molecule has 5 heteroatoms. The Bertz CT molecular complexity index is 437. The Morgan fingerprint density at radius 1 is 1.00 bits per heavy atom. The van der Waals surface area contributed by atoms with Crippen LogP contribution < -0.4 is 29.6 Å². The molecular formula is C16H23NaO4. The summed E-state index contributed by atoms with van der Waals surface area (Å²) in [6.45, 7) is 2.10. The van der Waals surface area contributed by atoms with Crippen molar-refractivity contribution >= 4 is 11.9 Å². The minimum Gasteiger partial charge on any atom is -1.00 e. The van der Waals surface area contributed by atoms with Crippen molar-refractivity contribution in [3.05, 3.63) is 35.9 Å². The average Bonchev–Trinajstić information content (AvgIpc) is 2.43. The molecule has 0 saturated carbocycles. The second-order valence-electron chi connectivity index (χ2n) is 5.05. The quantitative estimate of drug-likeness (QED) is 0.397. The van der Waals surface area contributed by atoms with Crippen LogP contribution in [-0.2, 0) is 15.0 Å². The number of rotatable bonds is 9. The van der Waals surface area contributed by atoms with Gasteiger partial charge >= 0.3 is 41.5 Å². The van der Waals surface area contributed by atoms with Gasteiger partial charge in [0.15, 0.2) is 5.41 Å². The van der Waals surface area contributed by atoms with Crippen molar-refractivity contribution in [3.63, 3.8) is 0 Å². The topological polar surface area (TPSA) is 74.6 Å². The maximum absolute atomic E-state index is 11.6. The van der Waals surface area contributed by atoms with E-state index >= 15 is 0 Å². The van der Waals surface area contributed by atoms with Gasteiger partial charge < -0.3 is 11.6 Å². The monoisotopic (exact) mass is 302 g/mol. The molecule has 0 unspecified atom stereocenters. The number of carboxylic acids is 2. The summed E-state index contributed by atoms with van der Waals surface area (Å²) in [6.07, 6.45) is 4.81. The van der Waals surface area contributed by atoms with Gasteiger partial charge in [0.25, 0.3) is 0 Å². The van der Waals surface area contributed by atoms with Crippen molar-refractivity contribution < 1.29 is 50.8 Å². The molecule has 0 aliphatic heterocycles. The Balaban J connectivity index is 0. The van der Waals surface area contributed by atoms with Gasteiger partial charge in [-0.05, 0) is 12.0 Å². The summed E-state index contributed by atoms with van der Waals surface area (Å²) in [7, 11) is 0. The molecule has 4 nitrogen and oxygen atoms in total. The van der Waals surface area contributed by atoms with E-state index in [9.17, 15) is 19.8 Å². The molecular weight excluding hydrogens is 279 g/mol. The van der Waals surface area contributed by atoms with Gasteiger partial charge in [-0.15, -0.1) is 0 Å². The van der Waals surface area contributed by atoms with Gasteiger partial charge in [0.2, 0.25) is 0 Å². The molecule has 0 aliphatic carbocycles. The van der Waals surface area contributed by atoms with E-state index < -0.39 is 17.4 Å². The second-order valence-corrected chi connectivity index (χ2v) is 5.05. The normalized spacial score (nSPS) is 10.7. The smallest absolute Gasteiger partial charge is 1.00 e. The van der Waals surface area contributed by atoms with Gasteiger partial charge in [-0.1, -0.05) is 69.4 Å². The molecule has 2 N–H and O–H groups in total. The zero-order valence-electron chi connectivity index (χ0n) is 13.8. The van der Waals surface area contributed by atoms with Crippen molar-refractivity contribution in [2.75, 3.05) is 0 Å². The van der Waals surface area contributed by atoms with E-state index in [0.29, 0.717) is 12.0 Å². The number of benzene rings is 1. The Morgan fingerprint density at radius 3 is 2.00 bits per heavy atom. The second kappa shape index (κ2) is 9.98. The largest absolute Gasteiger partial charge is 1.00 e. The van der Waals surface area contributed by atoms with E-state index in [2.05, 4.69) is 6.92 Å². The van der Waals surface area contributed by atoms with Crippen LogP contribution in [0.5, 0.6) is 0 Å². The fourth-order valence-corrected chi connectivity index (χ4v) is 2.41. The van der Waals surface area contributed by atoms with Crippen LogP contribution in [-0.4, -0.2) is 22.2 Å². The zero-order chi connectivity index (χ0) is 15.0. The van der Waals surface area contributed by atoms with Crippen molar-refractivity contribution in [1.29, 1.82) is 0 Å². The van der Waals surface area contributed by atoms with Gasteiger partial charge in [-0.25, -0.2) is 0 Å². The number of aliphatic carboxylic acids is 2. The Morgan fingerprint density at radius 2 is 1.52 bits per heavy atom. The van der Waals surface area contributed by atoms with E-state index in [1.165, 1.54) is 0 Å². The summed E-state index contributed by atoms with van der Waals surface area (Å²) >= 11 is 0. The van der Waals surface area contributed by atoms with Crippen LogP contribution in [0, 0.1) is 0 Å². The number of carboxylic acid groups (broad SMARTS) is 2. The predicted molar refractivity (Wildman–Crippen MR) is 77.9 cm³/mol. The molecule has 1 aromatic rings. The standard InChI is InChI=1S/C16H22O4.Na.H/c1-2-3-4-5-9-12-16(14(17)18,15(19)20)13-10-7-6-8-11-13;;/h6-8,10-11H,2-5,9,12H2,1H3,(H,17,18)(H,19,20);;/q;+1;-1. The predicted octanol–water partition coefficient (Wildman–Crippen LogP) is 0.571. The van der Waals surface area contributed by atoms with E-state index in [-0.39, 0.29) is 37.4 Å². The summed E-state index contributed by atoms with van der Waals surface area (Å²) in [5.41, 5.74) is -1.48. The summed E-state index contributed by atoms with van der Waals surface area (Å²) in [5, 5.41) is 18.9. The third-order valence-corrected chi connectivity index (χ3v) is 3.65. The molecule has 0 amide bonds. The molecule has 0 aromatic heterocycles. The van der Waals surface area contributed by atoms with Crippen LogP contribution in [0.25, 0.3) is 0 Å². The zero-order valence-corrected chi connectivity index (χ0v) is 14.8. The first-order chi connectivity index (χ1) is 9.55. The van der Waals surface area contributed by atoms with Crippen LogP contribution in [0.15, 0.2) is 30.3 Å². The third kappa shape index (κ3) is 5.13. The van der Waals surface area contributed by atoms with Gasteiger partial charge in [-0.2, -0.15) is 0 Å². The van der Waals surface area contributed by atoms with Crippen LogP contribution in [0.2, 0.25) is 0 Å². The molecule has 1 aromatic carbocycles. The van der Waals surface area contributed by atoms with Crippen LogP contribution >= 0.6 is 0 Å². The number of hydrogen-bond donors (Lipinski definition) is 2. The van der Waals surface area contributed by atoms with Crippen molar-refractivity contribution in [2.45, 2.75) is 50.9 Å². The average molecular weight is 302 g/mol. The van der Waals surface area contributed by atoms with Crippen molar-refractivity contribution in [2.24, 2.45) is 0 Å². The molecule has 0 radical (unpaired) electrons. The first kappa shape index (κ1) is 20.2. The maximum Gasteiger partial charge on any atom is 1.00 e. The molecule has 0 saturated heterocycles. The summed E-state index contributed by atoms with van der Waals surface area (Å²) in [5.74, 6) is -2.57. The van der Waals surface area contributed by atoms with Crippen molar-refractivity contribution in [1.82, 2.24) is 0 Å². The Kier molecular flexibility index (Phi) is 9.58. The SMILES string of the molecule is CCCCCCCC(C(=O)O)(C(=O)O)c1ccccc1.[H-].[Na+]. The summed E-state index contributed by atoms with van der Waals surface area (Å²) in [4.78, 5) is 23.2. The van der Waals surface area contributed by atoms with E-state index in [4.69, 9.17) is 0 Å². The van der Waals surface area contributed by atoms with Gasteiger partial charge in [0, 0.05) is 0 Å². The van der Waals surface area contributed by atoms with Crippen LogP contribution in [0.4, 0.5) is 0 Å². The number of unbranched alkanes of at least 4 members (excludes halogenated alkanes) is 4. The maximum atomic E-state index is 11.6. The van der Waals surface area contributed by atoms with Gasteiger partial charge in [0.1, 0.15) is 0 Å². The first-order valence-electron chi connectivity index (χ1n) is 7.08. The summed E-state index contributed by atoms with van der Waals surface area (Å²) < 4.78 is 0. The molecule has 0 fully saturated rings. The molecule has 0 aliphatic rings. The van der Waals surface area contributed by atoms with Gasteiger partial charge in [0.05, 0.1) is 0 Å². The third-order valence-electron chi connectivity index (χ3n) is 3.65. The molecule has 112 valence electrons. The van der Waals surface area contributed by atoms with Crippen molar-refractivity contribution in [3.8, 4) is 0 Å². The van der Waals surface area contributed by atoms with Crippen LogP contribution in [0.3, 0.4) is 0 Å².